The fourth-order valence-electron chi connectivity index (χ4n) is 3.73. The molecular weight excluding hydrogens is 312 g/mol. The maximum Gasteiger partial charge on any atom is 0.356 e. The number of carboxylic acids is 1. The van der Waals surface area contributed by atoms with Crippen molar-refractivity contribution in [3.8, 4) is 0 Å². The number of aliphatic hydroxyl groups is 1. The Labute approximate surface area is 140 Å². The van der Waals surface area contributed by atoms with E-state index in [1.54, 1.807) is 9.58 Å². The molecule has 132 valence electrons. The van der Waals surface area contributed by atoms with Gasteiger partial charge in [-0.15, -0.1) is 0 Å². The maximum atomic E-state index is 12.9. The lowest BCUT2D eigenvalue weighted by atomic mass is 9.99. The second-order valence-corrected chi connectivity index (χ2v) is 6.53. The van der Waals surface area contributed by atoms with Gasteiger partial charge >= 0.3 is 5.97 Å². The van der Waals surface area contributed by atoms with Gasteiger partial charge in [-0.25, -0.2) is 4.79 Å². The van der Waals surface area contributed by atoms with Crippen molar-refractivity contribution in [2.75, 3.05) is 26.7 Å². The van der Waals surface area contributed by atoms with Gasteiger partial charge in [-0.05, 0) is 26.4 Å². The largest absolute Gasteiger partial charge is 0.476 e. The van der Waals surface area contributed by atoms with E-state index in [4.69, 9.17) is 5.11 Å². The van der Waals surface area contributed by atoms with Crippen LogP contribution in [0, 0.1) is 0 Å². The van der Waals surface area contributed by atoms with Crippen LogP contribution < -0.4 is 0 Å². The molecule has 0 radical (unpaired) electrons. The van der Waals surface area contributed by atoms with Gasteiger partial charge in [0.05, 0.1) is 19.2 Å². The van der Waals surface area contributed by atoms with E-state index in [1.807, 2.05) is 7.05 Å². The van der Waals surface area contributed by atoms with E-state index in [1.165, 1.54) is 0 Å². The highest BCUT2D eigenvalue weighted by Gasteiger charge is 2.34. The first-order chi connectivity index (χ1) is 11.5. The molecule has 1 atom stereocenters. The third kappa shape index (κ3) is 3.03. The van der Waals surface area contributed by atoms with Gasteiger partial charge in [0.1, 0.15) is 0 Å². The molecule has 0 spiro atoms. The fourth-order valence-corrected chi connectivity index (χ4v) is 3.73. The smallest absolute Gasteiger partial charge is 0.356 e. The Morgan fingerprint density at radius 3 is 2.75 bits per heavy atom. The van der Waals surface area contributed by atoms with E-state index in [-0.39, 0.29) is 37.3 Å². The molecular formula is C16H24N4O4. The molecule has 0 saturated carbocycles. The molecule has 1 saturated heterocycles. The van der Waals surface area contributed by atoms with E-state index in [0.717, 1.165) is 31.5 Å². The first-order valence-electron chi connectivity index (χ1n) is 8.44. The average Bonchev–Trinajstić information content (AvgIpc) is 2.93. The lowest BCUT2D eigenvalue weighted by molar-refractivity contribution is -0.138. The maximum absolute atomic E-state index is 12.9. The topological polar surface area (TPSA) is 98.9 Å². The Morgan fingerprint density at radius 2 is 2.08 bits per heavy atom. The summed E-state index contributed by atoms with van der Waals surface area (Å²) in [7, 11) is 1.97. The number of fused-ring (bicyclic) bond motifs is 1. The summed E-state index contributed by atoms with van der Waals surface area (Å²) in [6.45, 7) is 1.94. The monoisotopic (exact) mass is 336 g/mol. The minimum Gasteiger partial charge on any atom is -0.476 e. The zero-order chi connectivity index (χ0) is 17.3. The van der Waals surface area contributed by atoms with Crippen molar-refractivity contribution in [2.24, 2.45) is 0 Å². The highest BCUT2D eigenvalue weighted by molar-refractivity contribution is 5.88. The van der Waals surface area contributed by atoms with E-state index >= 15 is 0 Å². The Kier molecular flexibility index (Phi) is 4.86. The van der Waals surface area contributed by atoms with Crippen molar-refractivity contribution in [1.29, 1.82) is 0 Å². The quantitative estimate of drug-likeness (QED) is 0.799. The zero-order valence-corrected chi connectivity index (χ0v) is 13.9. The third-order valence-corrected chi connectivity index (χ3v) is 5.02. The Bertz CT molecular complexity index is 642. The molecule has 1 aromatic heterocycles. The molecule has 2 N–H and O–H groups in total. The lowest BCUT2D eigenvalue weighted by Crippen LogP contribution is -2.50. The minimum absolute atomic E-state index is 0.00653. The van der Waals surface area contributed by atoms with Crippen LogP contribution in [0.5, 0.6) is 0 Å². The molecule has 1 amide bonds. The molecule has 0 aromatic carbocycles. The van der Waals surface area contributed by atoms with Crippen molar-refractivity contribution in [1.82, 2.24) is 19.6 Å². The van der Waals surface area contributed by atoms with Crippen LogP contribution in [0.25, 0.3) is 0 Å². The summed E-state index contributed by atoms with van der Waals surface area (Å²) in [6, 6.07) is -0.110. The number of likely N-dealkylation sites (tertiary alicyclic amines) is 1. The van der Waals surface area contributed by atoms with Gasteiger partial charge in [0.2, 0.25) is 5.91 Å². The number of carbonyl (C=O) groups is 2. The number of likely N-dealkylation sites (N-methyl/N-ethyl adjacent to an activating group) is 1. The van der Waals surface area contributed by atoms with Gasteiger partial charge in [0.25, 0.3) is 0 Å². The van der Waals surface area contributed by atoms with Gasteiger partial charge < -0.3 is 15.1 Å². The van der Waals surface area contributed by atoms with Crippen LogP contribution in [0.15, 0.2) is 0 Å². The van der Waals surface area contributed by atoms with E-state index in [0.29, 0.717) is 18.5 Å². The van der Waals surface area contributed by atoms with Gasteiger partial charge in [0.15, 0.2) is 5.69 Å². The molecule has 1 aromatic rings. The highest BCUT2D eigenvalue weighted by Crippen LogP contribution is 2.25. The predicted octanol–water partition coefficient (Wildman–Crippen LogP) is -0.0574. The number of carboxylic acid groups (broad SMARTS) is 1. The van der Waals surface area contributed by atoms with E-state index < -0.39 is 5.97 Å². The Morgan fingerprint density at radius 1 is 1.29 bits per heavy atom. The first kappa shape index (κ1) is 16.9. The second kappa shape index (κ2) is 6.90. The number of nitrogens with zero attached hydrogens (tertiary/aromatic N) is 4. The number of rotatable bonds is 4. The number of aromatic carboxylic acids is 1. The SMILES string of the molecule is CN1CCCC[C@@H]1C(=O)N1CCc2c(c(C(=O)O)nn2CCO)C1. The number of piperidine rings is 1. The normalized spacial score (nSPS) is 21.6. The zero-order valence-electron chi connectivity index (χ0n) is 13.9. The molecule has 3 rings (SSSR count). The number of aromatic nitrogens is 2. The minimum atomic E-state index is -1.09. The summed E-state index contributed by atoms with van der Waals surface area (Å²) < 4.78 is 1.56. The summed E-state index contributed by atoms with van der Waals surface area (Å²) in [5.41, 5.74) is 1.42. The molecule has 3 heterocycles. The van der Waals surface area contributed by atoms with Gasteiger partial charge in [-0.1, -0.05) is 6.42 Å². The first-order valence-corrected chi connectivity index (χ1v) is 8.44. The van der Waals surface area contributed by atoms with Gasteiger partial charge in [0, 0.05) is 30.8 Å². The van der Waals surface area contributed by atoms with Crippen LogP contribution >= 0.6 is 0 Å². The van der Waals surface area contributed by atoms with E-state index in [2.05, 4.69) is 10.00 Å². The molecule has 2 aliphatic heterocycles. The van der Waals surface area contributed by atoms with Gasteiger partial charge in [-0.2, -0.15) is 5.10 Å². The fraction of sp³-hybridized carbons (Fsp3) is 0.688. The van der Waals surface area contributed by atoms with E-state index in [9.17, 15) is 14.7 Å². The summed E-state index contributed by atoms with van der Waals surface area (Å²) >= 11 is 0. The summed E-state index contributed by atoms with van der Waals surface area (Å²) in [5.74, 6) is -1.01. The Balaban J connectivity index is 1.83. The average molecular weight is 336 g/mol. The van der Waals surface area contributed by atoms with Crippen LogP contribution in [0.1, 0.15) is 41.0 Å². The van der Waals surface area contributed by atoms with Crippen LogP contribution in [0.4, 0.5) is 0 Å². The van der Waals surface area contributed by atoms with Crippen LogP contribution in [-0.4, -0.2) is 74.5 Å². The second-order valence-electron chi connectivity index (χ2n) is 6.53. The van der Waals surface area contributed by atoms with Crippen molar-refractivity contribution in [3.63, 3.8) is 0 Å². The third-order valence-electron chi connectivity index (χ3n) is 5.02. The van der Waals surface area contributed by atoms with Gasteiger partial charge in [-0.3, -0.25) is 14.4 Å². The van der Waals surface area contributed by atoms with Crippen LogP contribution in [0.2, 0.25) is 0 Å². The van der Waals surface area contributed by atoms with Crippen molar-refractivity contribution in [2.45, 2.75) is 44.8 Å². The molecule has 24 heavy (non-hydrogen) atoms. The Hall–Kier alpha value is -1.93. The highest BCUT2D eigenvalue weighted by atomic mass is 16.4. The standard InChI is InChI=1S/C16H24N4O4/c1-18-6-3-2-4-13(18)15(22)19-7-5-12-11(10-19)14(16(23)24)17-20(12)8-9-21/h13,21H,2-10H2,1H3,(H,23,24)/t13-/m1/s1. The molecule has 0 bridgehead atoms. The molecule has 8 heteroatoms. The number of amides is 1. The van der Waals surface area contributed by atoms with Crippen molar-refractivity contribution < 1.29 is 19.8 Å². The molecule has 8 nitrogen and oxygen atoms in total. The molecule has 2 aliphatic rings. The molecule has 0 unspecified atom stereocenters. The summed E-state index contributed by atoms with van der Waals surface area (Å²) in [5, 5.41) is 22.6. The van der Waals surface area contributed by atoms with Crippen LogP contribution in [-0.2, 0) is 24.3 Å². The summed E-state index contributed by atoms with van der Waals surface area (Å²) in [4.78, 5) is 28.2. The van der Waals surface area contributed by atoms with Crippen molar-refractivity contribution >= 4 is 11.9 Å². The number of hydrogen-bond donors (Lipinski definition) is 2. The number of aliphatic hydroxyl groups excluding tert-OH is 1. The summed E-state index contributed by atoms with van der Waals surface area (Å²) in [6.07, 6.45) is 3.59. The molecule has 0 aliphatic carbocycles. The molecule has 1 fully saturated rings. The number of hydrogen-bond acceptors (Lipinski definition) is 5. The predicted molar refractivity (Wildman–Crippen MR) is 85.7 cm³/mol. The number of carbonyl (C=O) groups excluding carboxylic acids is 1. The van der Waals surface area contributed by atoms with Crippen molar-refractivity contribution in [3.05, 3.63) is 17.0 Å². The van der Waals surface area contributed by atoms with Crippen LogP contribution in [0.3, 0.4) is 0 Å². The lowest BCUT2D eigenvalue weighted by Gasteiger charge is -2.37.